The average Bonchev–Trinajstić information content (AvgIpc) is 3.17. The average molecular weight is 370 g/mol. The van der Waals surface area contributed by atoms with E-state index in [1.54, 1.807) is 6.26 Å². The maximum atomic E-state index is 5.69. The molecule has 0 aliphatic heterocycles. The van der Waals surface area contributed by atoms with Gasteiger partial charge in [0.1, 0.15) is 5.76 Å². The van der Waals surface area contributed by atoms with E-state index in [0.717, 1.165) is 23.8 Å². The fourth-order valence-electron chi connectivity index (χ4n) is 3.15. The summed E-state index contributed by atoms with van der Waals surface area (Å²) >= 11 is 5.69. The van der Waals surface area contributed by atoms with E-state index in [9.17, 15) is 0 Å². The highest BCUT2D eigenvalue weighted by molar-refractivity contribution is 7.80. The number of aryl methyl sites for hydroxylation is 1. The number of fused-ring (bicyclic) bond motifs is 1. The van der Waals surface area contributed by atoms with Gasteiger partial charge in [0.05, 0.1) is 12.8 Å². The normalized spacial score (nSPS) is 11.7. The molecule has 26 heavy (non-hydrogen) atoms. The van der Waals surface area contributed by atoms with Crippen LogP contribution >= 0.6 is 12.2 Å². The van der Waals surface area contributed by atoms with Gasteiger partial charge in [0.15, 0.2) is 5.11 Å². The van der Waals surface area contributed by atoms with Crippen LogP contribution in [0.15, 0.2) is 47.1 Å². The number of nitrogens with zero attached hydrogens (tertiary/aromatic N) is 1. The summed E-state index contributed by atoms with van der Waals surface area (Å²) in [4.78, 5) is 5.66. The Bertz CT molecular complexity index is 874. The van der Waals surface area contributed by atoms with Gasteiger partial charge in [-0.05, 0) is 70.1 Å². The van der Waals surface area contributed by atoms with Gasteiger partial charge in [-0.2, -0.15) is 0 Å². The number of furan rings is 1. The second kappa shape index (κ2) is 7.54. The van der Waals surface area contributed by atoms with Crippen LogP contribution in [0.3, 0.4) is 0 Å². The molecule has 0 atom stereocenters. The summed E-state index contributed by atoms with van der Waals surface area (Å²) in [5.74, 6) is 0.915. The number of rotatable bonds is 5. The van der Waals surface area contributed by atoms with Gasteiger partial charge in [0.2, 0.25) is 0 Å². The van der Waals surface area contributed by atoms with Gasteiger partial charge in [0.25, 0.3) is 0 Å². The Morgan fingerprint density at radius 3 is 2.65 bits per heavy atom. The van der Waals surface area contributed by atoms with Crippen molar-refractivity contribution >= 4 is 28.2 Å². The van der Waals surface area contributed by atoms with Crippen LogP contribution in [0.1, 0.15) is 37.8 Å². The largest absolute Gasteiger partial charge is 0.467 e. The summed E-state index contributed by atoms with van der Waals surface area (Å²) in [5, 5.41) is 5.47. The number of hydrogen-bond donors (Lipinski definition) is 2. The van der Waals surface area contributed by atoms with Crippen molar-refractivity contribution in [2.24, 2.45) is 0 Å². The Labute approximate surface area is 160 Å². The van der Waals surface area contributed by atoms with Gasteiger partial charge in [-0.15, -0.1) is 0 Å². The molecular weight excluding hydrogens is 342 g/mol. The van der Waals surface area contributed by atoms with E-state index in [1.807, 2.05) is 12.1 Å². The molecule has 5 heteroatoms. The standard InChI is InChI=1S/C21H27N3OS/c1-15-17(18-9-5-6-10-19(18)22-15)11-12-24(14-16-8-7-13-25-16)20(26)23-21(2,3)4/h5-10,13,22H,11-12,14H2,1-4H3,(H,23,26). The zero-order chi connectivity index (χ0) is 18.7. The lowest BCUT2D eigenvalue weighted by Crippen LogP contribution is -2.48. The van der Waals surface area contributed by atoms with Crippen LogP contribution in [0.5, 0.6) is 0 Å². The molecule has 0 saturated carbocycles. The fraction of sp³-hybridized carbons (Fsp3) is 0.381. The Hall–Kier alpha value is -2.27. The van der Waals surface area contributed by atoms with E-state index in [0.29, 0.717) is 6.54 Å². The summed E-state index contributed by atoms with van der Waals surface area (Å²) < 4.78 is 5.54. The lowest BCUT2D eigenvalue weighted by Gasteiger charge is -2.30. The van der Waals surface area contributed by atoms with Gasteiger partial charge in [-0.1, -0.05) is 18.2 Å². The minimum atomic E-state index is -0.0742. The van der Waals surface area contributed by atoms with Crippen molar-refractivity contribution in [1.29, 1.82) is 0 Å². The topological polar surface area (TPSA) is 44.2 Å². The van der Waals surface area contributed by atoms with Gasteiger partial charge in [-0.25, -0.2) is 0 Å². The van der Waals surface area contributed by atoms with Crippen molar-refractivity contribution in [2.75, 3.05) is 6.54 Å². The summed E-state index contributed by atoms with van der Waals surface area (Å²) in [6, 6.07) is 12.4. The molecule has 0 radical (unpaired) electrons. The molecule has 0 fully saturated rings. The van der Waals surface area contributed by atoms with E-state index in [-0.39, 0.29) is 5.54 Å². The Morgan fingerprint density at radius 1 is 1.19 bits per heavy atom. The van der Waals surface area contributed by atoms with Gasteiger partial charge >= 0.3 is 0 Å². The van der Waals surface area contributed by atoms with Crippen LogP contribution in [-0.4, -0.2) is 27.1 Å². The summed E-state index contributed by atoms with van der Waals surface area (Å²) in [7, 11) is 0. The molecule has 3 rings (SSSR count). The molecule has 0 unspecified atom stereocenters. The van der Waals surface area contributed by atoms with Crippen LogP contribution in [0.4, 0.5) is 0 Å². The third-order valence-electron chi connectivity index (χ3n) is 4.35. The molecule has 0 amide bonds. The number of H-pyrrole nitrogens is 1. The number of nitrogens with one attached hydrogen (secondary N) is 2. The summed E-state index contributed by atoms with van der Waals surface area (Å²) in [6.45, 7) is 9.98. The number of aromatic nitrogens is 1. The highest BCUT2D eigenvalue weighted by atomic mass is 32.1. The monoisotopic (exact) mass is 369 g/mol. The SMILES string of the molecule is Cc1[nH]c2ccccc2c1CCN(Cc1ccco1)C(=S)NC(C)(C)C. The van der Waals surface area contributed by atoms with Gasteiger partial charge in [-0.3, -0.25) is 0 Å². The zero-order valence-electron chi connectivity index (χ0n) is 15.9. The van der Waals surface area contributed by atoms with E-state index in [4.69, 9.17) is 16.6 Å². The molecule has 2 N–H and O–H groups in total. The predicted molar refractivity (Wildman–Crippen MR) is 111 cm³/mol. The number of thiocarbonyl (C=S) groups is 1. The summed E-state index contributed by atoms with van der Waals surface area (Å²) in [5.41, 5.74) is 3.69. The van der Waals surface area contributed by atoms with E-state index >= 15 is 0 Å². The van der Waals surface area contributed by atoms with E-state index in [2.05, 4.69) is 67.2 Å². The van der Waals surface area contributed by atoms with Gasteiger partial charge in [0, 0.05) is 28.7 Å². The van der Waals surface area contributed by atoms with Crippen molar-refractivity contribution in [3.63, 3.8) is 0 Å². The molecule has 138 valence electrons. The lowest BCUT2D eigenvalue weighted by molar-refractivity contribution is 0.347. The quantitative estimate of drug-likeness (QED) is 0.635. The molecule has 0 aliphatic rings. The minimum Gasteiger partial charge on any atom is -0.467 e. The minimum absolute atomic E-state index is 0.0742. The van der Waals surface area contributed by atoms with Gasteiger partial charge < -0.3 is 19.6 Å². The smallest absolute Gasteiger partial charge is 0.169 e. The Morgan fingerprint density at radius 2 is 1.96 bits per heavy atom. The number of para-hydroxylation sites is 1. The molecule has 4 nitrogen and oxygen atoms in total. The second-order valence-electron chi connectivity index (χ2n) is 7.71. The van der Waals surface area contributed by atoms with Crippen LogP contribution in [0.2, 0.25) is 0 Å². The number of hydrogen-bond acceptors (Lipinski definition) is 2. The first kappa shape index (κ1) is 18.5. The van der Waals surface area contributed by atoms with Crippen molar-refractivity contribution in [3.8, 4) is 0 Å². The van der Waals surface area contributed by atoms with Crippen LogP contribution in [-0.2, 0) is 13.0 Å². The first-order valence-corrected chi connectivity index (χ1v) is 9.40. The molecule has 1 aromatic carbocycles. The highest BCUT2D eigenvalue weighted by Gasteiger charge is 2.18. The number of aromatic amines is 1. The van der Waals surface area contributed by atoms with E-state index in [1.165, 1.54) is 22.2 Å². The number of benzene rings is 1. The third kappa shape index (κ3) is 4.47. The Kier molecular flexibility index (Phi) is 5.37. The molecule has 0 spiro atoms. The maximum absolute atomic E-state index is 5.69. The summed E-state index contributed by atoms with van der Waals surface area (Å²) in [6.07, 6.45) is 2.63. The fourth-order valence-corrected chi connectivity index (χ4v) is 3.61. The first-order valence-electron chi connectivity index (χ1n) is 8.99. The zero-order valence-corrected chi connectivity index (χ0v) is 16.7. The predicted octanol–water partition coefficient (Wildman–Crippen LogP) is 4.79. The van der Waals surface area contributed by atoms with Crippen molar-refractivity contribution in [2.45, 2.75) is 46.2 Å². The van der Waals surface area contributed by atoms with Crippen LogP contribution in [0.25, 0.3) is 10.9 Å². The maximum Gasteiger partial charge on any atom is 0.169 e. The second-order valence-corrected chi connectivity index (χ2v) is 8.09. The molecule has 0 aliphatic carbocycles. The van der Waals surface area contributed by atoms with Crippen LogP contribution < -0.4 is 5.32 Å². The molecule has 2 aromatic heterocycles. The first-order chi connectivity index (χ1) is 12.3. The molecule has 2 heterocycles. The highest BCUT2D eigenvalue weighted by Crippen LogP contribution is 2.23. The van der Waals surface area contributed by atoms with E-state index < -0.39 is 0 Å². The van der Waals surface area contributed by atoms with Crippen molar-refractivity contribution in [1.82, 2.24) is 15.2 Å². The van der Waals surface area contributed by atoms with Crippen molar-refractivity contribution in [3.05, 3.63) is 59.7 Å². The third-order valence-corrected chi connectivity index (χ3v) is 4.71. The van der Waals surface area contributed by atoms with Crippen molar-refractivity contribution < 1.29 is 4.42 Å². The molecule has 0 saturated heterocycles. The lowest BCUT2D eigenvalue weighted by atomic mass is 10.1. The molecule has 0 bridgehead atoms. The van der Waals surface area contributed by atoms with Crippen LogP contribution in [0, 0.1) is 6.92 Å². The molecular formula is C21H27N3OS. The Balaban J connectivity index is 1.78. The molecule has 3 aromatic rings.